The Hall–Kier alpha value is -7.16. The summed E-state index contributed by atoms with van der Waals surface area (Å²) in [4.78, 5) is 0. The Kier molecular flexibility index (Phi) is 6.90. The van der Waals surface area contributed by atoms with Crippen LogP contribution in [0.25, 0.3) is 99.1 Å². The summed E-state index contributed by atoms with van der Waals surface area (Å²) >= 11 is 0. The Morgan fingerprint density at radius 2 is 0.630 bits per heavy atom. The fourth-order valence-corrected chi connectivity index (χ4v) is 8.66. The Balaban J connectivity index is 1.07. The fraction of sp³-hybridized carbons (Fsp3) is 0. The van der Waals surface area contributed by atoms with E-state index >= 15 is 0 Å². The topological polar surface area (TPSA) is 9.86 Å². The lowest BCUT2D eigenvalue weighted by Gasteiger charge is -2.16. The molecule has 0 saturated carbocycles. The van der Waals surface area contributed by atoms with Gasteiger partial charge in [-0.2, -0.15) is 0 Å². The van der Waals surface area contributed by atoms with Crippen molar-refractivity contribution in [3.05, 3.63) is 206 Å². The highest BCUT2D eigenvalue weighted by atomic mass is 15.0. The van der Waals surface area contributed by atoms with E-state index in [2.05, 4.69) is 215 Å². The van der Waals surface area contributed by atoms with Crippen LogP contribution in [0.4, 0.5) is 0 Å². The van der Waals surface area contributed by atoms with Gasteiger partial charge in [0.1, 0.15) is 0 Å². The lowest BCUT2D eigenvalue weighted by Crippen LogP contribution is -1.95. The molecule has 2 nitrogen and oxygen atoms in total. The van der Waals surface area contributed by atoms with Gasteiger partial charge < -0.3 is 9.13 Å². The van der Waals surface area contributed by atoms with Crippen molar-refractivity contribution in [3.8, 4) is 44.8 Å². The highest BCUT2D eigenvalue weighted by molar-refractivity contribution is 6.10. The third kappa shape index (κ3) is 4.74. The lowest BCUT2D eigenvalue weighted by atomic mass is 9.89. The van der Waals surface area contributed by atoms with E-state index in [1.807, 2.05) is 0 Å². The van der Waals surface area contributed by atoms with E-state index < -0.39 is 0 Å². The highest BCUT2D eigenvalue weighted by Gasteiger charge is 2.16. The molecule has 0 saturated heterocycles. The van der Waals surface area contributed by atoms with Crippen molar-refractivity contribution in [2.45, 2.75) is 0 Å². The second-order valence-electron chi connectivity index (χ2n) is 14.1. The summed E-state index contributed by atoms with van der Waals surface area (Å²) in [7, 11) is 0. The number of aromatic nitrogens is 2. The maximum Gasteiger partial charge on any atom is 0.0541 e. The van der Waals surface area contributed by atoms with E-state index in [0.717, 1.165) is 11.4 Å². The molecular weight excluding hydrogens is 653 g/mol. The summed E-state index contributed by atoms with van der Waals surface area (Å²) in [6, 6.07) is 75.2. The molecule has 54 heavy (non-hydrogen) atoms. The van der Waals surface area contributed by atoms with Crippen LogP contribution < -0.4 is 0 Å². The Bertz CT molecular complexity index is 3080. The molecule has 0 bridgehead atoms. The zero-order chi connectivity index (χ0) is 35.6. The summed E-state index contributed by atoms with van der Waals surface area (Å²) in [6.07, 6.45) is 0. The van der Waals surface area contributed by atoms with Crippen molar-refractivity contribution in [2.75, 3.05) is 0 Å². The summed E-state index contributed by atoms with van der Waals surface area (Å²) in [6.45, 7) is 0. The van der Waals surface area contributed by atoms with E-state index in [9.17, 15) is 0 Å². The fourth-order valence-electron chi connectivity index (χ4n) is 8.66. The number of rotatable bonds is 5. The first-order chi connectivity index (χ1) is 26.8. The quantitative estimate of drug-likeness (QED) is 0.171. The van der Waals surface area contributed by atoms with Crippen LogP contribution in [0.15, 0.2) is 206 Å². The number of hydrogen-bond donors (Lipinski definition) is 0. The Morgan fingerprint density at radius 3 is 1.13 bits per heavy atom. The van der Waals surface area contributed by atoms with Gasteiger partial charge in [0.15, 0.2) is 0 Å². The summed E-state index contributed by atoms with van der Waals surface area (Å²) in [5, 5.41) is 7.59. The largest absolute Gasteiger partial charge is 0.309 e. The van der Waals surface area contributed by atoms with Crippen LogP contribution in [-0.4, -0.2) is 9.13 Å². The third-order valence-corrected chi connectivity index (χ3v) is 11.2. The molecule has 0 aliphatic heterocycles. The van der Waals surface area contributed by atoms with Gasteiger partial charge in [-0.1, -0.05) is 152 Å². The van der Waals surface area contributed by atoms with Crippen molar-refractivity contribution in [2.24, 2.45) is 0 Å². The molecule has 0 atom stereocenters. The summed E-state index contributed by atoms with van der Waals surface area (Å²) in [5.41, 5.74) is 14.4. The summed E-state index contributed by atoms with van der Waals surface area (Å²) in [5.74, 6) is 0. The van der Waals surface area contributed by atoms with Gasteiger partial charge in [0.25, 0.3) is 0 Å². The number of fused-ring (bicyclic) bond motifs is 7. The van der Waals surface area contributed by atoms with Crippen molar-refractivity contribution < 1.29 is 0 Å². The van der Waals surface area contributed by atoms with Gasteiger partial charge in [-0.15, -0.1) is 0 Å². The predicted octanol–water partition coefficient (Wildman–Crippen LogP) is 14.0. The average molecular weight is 687 g/mol. The van der Waals surface area contributed by atoms with Crippen LogP contribution >= 0.6 is 0 Å². The minimum Gasteiger partial charge on any atom is -0.309 e. The van der Waals surface area contributed by atoms with E-state index in [4.69, 9.17) is 0 Å². The number of para-hydroxylation sites is 4. The molecule has 0 aliphatic rings. The van der Waals surface area contributed by atoms with Gasteiger partial charge in [-0.25, -0.2) is 0 Å². The van der Waals surface area contributed by atoms with Crippen LogP contribution in [0.1, 0.15) is 0 Å². The number of nitrogens with zero attached hydrogens (tertiary/aromatic N) is 2. The molecule has 0 spiro atoms. The maximum absolute atomic E-state index is 2.38. The van der Waals surface area contributed by atoms with Crippen LogP contribution in [0.2, 0.25) is 0 Å². The molecule has 252 valence electrons. The molecule has 0 fully saturated rings. The standard InChI is InChI=1S/C52H34N2/c1-2-14-41-35(12-1)13-11-19-42(41)38-28-33-43(36-24-29-39(30-25-36)53-49-20-7-3-15-44(49)45-16-4-8-21-50(45)53)48(34-38)37-26-31-40(32-27-37)54-51-22-9-5-17-46(51)47-18-6-10-23-52(47)54/h1-34H. The molecule has 0 radical (unpaired) electrons. The van der Waals surface area contributed by atoms with Crippen LogP contribution in [0, 0.1) is 0 Å². The molecule has 2 heteroatoms. The predicted molar refractivity (Wildman–Crippen MR) is 229 cm³/mol. The zero-order valence-electron chi connectivity index (χ0n) is 29.5. The monoisotopic (exact) mass is 686 g/mol. The maximum atomic E-state index is 2.38. The Labute approximate surface area is 313 Å². The summed E-state index contributed by atoms with van der Waals surface area (Å²) < 4.78 is 4.77. The second kappa shape index (κ2) is 12.2. The normalized spacial score (nSPS) is 11.7. The highest BCUT2D eigenvalue weighted by Crippen LogP contribution is 2.40. The zero-order valence-corrected chi connectivity index (χ0v) is 29.5. The SMILES string of the molecule is c1ccc2c(-c3ccc(-c4ccc(-n5c6ccccc6c6ccccc65)cc4)c(-c4ccc(-n5c6ccccc6c6ccccc65)cc4)c3)cccc2c1. The molecule has 9 aromatic carbocycles. The van der Waals surface area contributed by atoms with E-state index in [1.54, 1.807) is 0 Å². The van der Waals surface area contributed by atoms with Crippen molar-refractivity contribution in [1.29, 1.82) is 0 Å². The Morgan fingerprint density at radius 1 is 0.241 bits per heavy atom. The second-order valence-corrected chi connectivity index (χ2v) is 14.1. The minimum atomic E-state index is 1.15. The average Bonchev–Trinajstić information content (AvgIpc) is 3.77. The number of hydrogen-bond acceptors (Lipinski definition) is 0. The van der Waals surface area contributed by atoms with Crippen molar-refractivity contribution in [1.82, 2.24) is 9.13 Å². The molecule has 0 aliphatic carbocycles. The third-order valence-electron chi connectivity index (χ3n) is 11.2. The van der Waals surface area contributed by atoms with E-state index in [-0.39, 0.29) is 0 Å². The molecule has 11 rings (SSSR count). The molecule has 0 amide bonds. The van der Waals surface area contributed by atoms with Gasteiger partial charge in [0.2, 0.25) is 0 Å². The van der Waals surface area contributed by atoms with Crippen LogP contribution in [0.5, 0.6) is 0 Å². The molecule has 2 heterocycles. The van der Waals surface area contributed by atoms with Gasteiger partial charge >= 0.3 is 0 Å². The molecule has 0 N–H and O–H groups in total. The van der Waals surface area contributed by atoms with E-state index in [1.165, 1.54) is 87.8 Å². The van der Waals surface area contributed by atoms with E-state index in [0.29, 0.717) is 0 Å². The van der Waals surface area contributed by atoms with Gasteiger partial charge in [0, 0.05) is 32.9 Å². The van der Waals surface area contributed by atoms with Gasteiger partial charge in [-0.3, -0.25) is 0 Å². The first kappa shape index (κ1) is 30.5. The lowest BCUT2D eigenvalue weighted by molar-refractivity contribution is 1.18. The van der Waals surface area contributed by atoms with Gasteiger partial charge in [0.05, 0.1) is 22.1 Å². The first-order valence-electron chi connectivity index (χ1n) is 18.6. The molecule has 2 aromatic heterocycles. The number of benzene rings is 9. The van der Waals surface area contributed by atoms with Gasteiger partial charge in [-0.05, 0) is 98.8 Å². The van der Waals surface area contributed by atoms with Crippen LogP contribution in [-0.2, 0) is 0 Å². The molecule has 11 aromatic rings. The van der Waals surface area contributed by atoms with Crippen LogP contribution in [0.3, 0.4) is 0 Å². The minimum absolute atomic E-state index is 1.15. The van der Waals surface area contributed by atoms with Crippen molar-refractivity contribution in [3.63, 3.8) is 0 Å². The molecular formula is C52H34N2. The smallest absolute Gasteiger partial charge is 0.0541 e. The molecule has 0 unspecified atom stereocenters. The van der Waals surface area contributed by atoms with Crippen molar-refractivity contribution >= 4 is 54.4 Å². The first-order valence-corrected chi connectivity index (χ1v) is 18.6.